The number of hydrogen-bond donors (Lipinski definition) is 2. The largest absolute Gasteiger partial charge is 0.503 e. The number of hydrogen-bond acceptors (Lipinski definition) is 3. The Labute approximate surface area is 120 Å². The molecule has 1 atom stereocenters. The van der Waals surface area contributed by atoms with Crippen LogP contribution in [0, 0.1) is 17.5 Å². The second-order valence-electron chi connectivity index (χ2n) is 5.11. The van der Waals surface area contributed by atoms with Gasteiger partial charge in [-0.2, -0.15) is 4.39 Å². The van der Waals surface area contributed by atoms with Crippen molar-refractivity contribution in [1.29, 1.82) is 0 Å². The number of phenols is 1. The number of rotatable bonds is 4. The number of phenolic OH excluding ortho intramolecular Hbond substituents is 1. The van der Waals surface area contributed by atoms with Gasteiger partial charge in [0.15, 0.2) is 17.4 Å². The van der Waals surface area contributed by atoms with Crippen LogP contribution in [0.3, 0.4) is 0 Å². The van der Waals surface area contributed by atoms with Crippen LogP contribution in [0.2, 0.25) is 0 Å². The first-order chi connectivity index (χ1) is 9.97. The first kappa shape index (κ1) is 15.6. The summed E-state index contributed by atoms with van der Waals surface area (Å²) in [6, 6.07) is 0.404. The molecule has 1 fully saturated rings. The van der Waals surface area contributed by atoms with E-state index in [4.69, 9.17) is 5.73 Å². The Balaban J connectivity index is 2.27. The average Bonchev–Trinajstić information content (AvgIpc) is 2.94. The summed E-state index contributed by atoms with van der Waals surface area (Å²) in [4.78, 5) is 13.7. The Hall–Kier alpha value is -1.76. The molecule has 0 bridgehead atoms. The summed E-state index contributed by atoms with van der Waals surface area (Å²) in [5.41, 5.74) is 4.78. The van der Waals surface area contributed by atoms with Gasteiger partial charge in [-0.05, 0) is 38.3 Å². The normalized spacial score (nSPS) is 18.3. The van der Waals surface area contributed by atoms with E-state index in [0.29, 0.717) is 25.6 Å². The van der Waals surface area contributed by atoms with Crippen molar-refractivity contribution in [2.75, 3.05) is 13.1 Å². The van der Waals surface area contributed by atoms with Gasteiger partial charge in [0.1, 0.15) is 0 Å². The van der Waals surface area contributed by atoms with Gasteiger partial charge < -0.3 is 15.7 Å². The van der Waals surface area contributed by atoms with Gasteiger partial charge in [0.25, 0.3) is 5.91 Å². The Morgan fingerprint density at radius 1 is 1.38 bits per heavy atom. The van der Waals surface area contributed by atoms with E-state index >= 15 is 0 Å². The van der Waals surface area contributed by atoms with Crippen LogP contribution >= 0.6 is 0 Å². The molecule has 7 heteroatoms. The molecule has 0 aromatic heterocycles. The van der Waals surface area contributed by atoms with Crippen molar-refractivity contribution in [1.82, 2.24) is 4.90 Å². The van der Waals surface area contributed by atoms with E-state index in [2.05, 4.69) is 0 Å². The molecule has 1 heterocycles. The fourth-order valence-electron chi connectivity index (χ4n) is 2.66. The van der Waals surface area contributed by atoms with Crippen LogP contribution in [-0.4, -0.2) is 35.0 Å². The Bertz CT molecular complexity index is 552. The molecule has 0 spiro atoms. The van der Waals surface area contributed by atoms with Gasteiger partial charge in [0.2, 0.25) is 5.82 Å². The lowest BCUT2D eigenvalue weighted by molar-refractivity contribution is 0.0723. The minimum absolute atomic E-state index is 0.0873. The number of nitrogens with zero attached hydrogens (tertiary/aromatic N) is 1. The Morgan fingerprint density at radius 2 is 2.10 bits per heavy atom. The summed E-state index contributed by atoms with van der Waals surface area (Å²) in [7, 11) is 0. The van der Waals surface area contributed by atoms with Gasteiger partial charge >= 0.3 is 0 Å². The smallest absolute Gasteiger partial charge is 0.257 e. The van der Waals surface area contributed by atoms with Crippen molar-refractivity contribution < 1.29 is 23.1 Å². The molecule has 3 N–H and O–H groups in total. The molecule has 1 aliphatic rings. The number of aromatic hydroxyl groups is 1. The number of carbonyl (C=O) groups is 1. The summed E-state index contributed by atoms with van der Waals surface area (Å²) in [5, 5.41) is 9.19. The third kappa shape index (κ3) is 2.97. The molecule has 0 radical (unpaired) electrons. The van der Waals surface area contributed by atoms with Crippen molar-refractivity contribution in [3.05, 3.63) is 29.1 Å². The maximum atomic E-state index is 13.8. The number of nitrogens with two attached hydrogens (primary N) is 1. The van der Waals surface area contributed by atoms with Crippen molar-refractivity contribution >= 4 is 5.91 Å². The molecule has 116 valence electrons. The maximum absolute atomic E-state index is 13.8. The van der Waals surface area contributed by atoms with E-state index in [0.717, 1.165) is 19.3 Å². The van der Waals surface area contributed by atoms with E-state index in [9.17, 15) is 23.1 Å². The van der Waals surface area contributed by atoms with Crippen molar-refractivity contribution in [3.8, 4) is 5.75 Å². The minimum atomic E-state index is -1.69. The van der Waals surface area contributed by atoms with Crippen molar-refractivity contribution in [2.45, 2.75) is 31.7 Å². The first-order valence-electron chi connectivity index (χ1n) is 6.84. The maximum Gasteiger partial charge on any atom is 0.257 e. The third-order valence-corrected chi connectivity index (χ3v) is 3.74. The number of halogens is 3. The number of amides is 1. The highest BCUT2D eigenvalue weighted by Gasteiger charge is 2.32. The van der Waals surface area contributed by atoms with Crippen LogP contribution in [-0.2, 0) is 0 Å². The monoisotopic (exact) mass is 302 g/mol. The van der Waals surface area contributed by atoms with Crippen molar-refractivity contribution in [2.24, 2.45) is 5.73 Å². The summed E-state index contributed by atoms with van der Waals surface area (Å²) < 4.78 is 40.1. The zero-order chi connectivity index (χ0) is 15.6. The fraction of sp³-hybridized carbons (Fsp3) is 0.500. The summed E-state index contributed by atoms with van der Waals surface area (Å²) >= 11 is 0. The molecular weight excluding hydrogens is 285 g/mol. The topological polar surface area (TPSA) is 66.6 Å². The molecule has 1 amide bonds. The highest BCUT2D eigenvalue weighted by Crippen LogP contribution is 2.29. The molecule has 1 unspecified atom stereocenters. The lowest BCUT2D eigenvalue weighted by Crippen LogP contribution is -2.36. The zero-order valence-electron chi connectivity index (χ0n) is 11.4. The molecule has 0 saturated carbocycles. The molecular formula is C14H17F3N2O2. The predicted octanol–water partition coefficient (Wildman–Crippen LogP) is 2.15. The number of benzene rings is 1. The molecule has 1 aromatic rings. The molecule has 1 aromatic carbocycles. The Kier molecular flexibility index (Phi) is 4.72. The van der Waals surface area contributed by atoms with E-state index in [-0.39, 0.29) is 6.04 Å². The van der Waals surface area contributed by atoms with Crippen LogP contribution in [0.1, 0.15) is 36.0 Å². The SMILES string of the molecule is NCCCC1CCCN1C(=O)c1cc(F)c(F)c(O)c1F. The highest BCUT2D eigenvalue weighted by molar-refractivity contribution is 5.95. The fourth-order valence-corrected chi connectivity index (χ4v) is 2.66. The van der Waals surface area contributed by atoms with E-state index in [1.54, 1.807) is 0 Å². The molecule has 0 aliphatic carbocycles. The summed E-state index contributed by atoms with van der Waals surface area (Å²) in [5.74, 6) is -6.76. The van der Waals surface area contributed by atoms with Gasteiger partial charge in [-0.25, -0.2) is 8.78 Å². The number of carbonyl (C=O) groups excluding carboxylic acids is 1. The van der Waals surface area contributed by atoms with Gasteiger partial charge in [0, 0.05) is 12.6 Å². The lowest BCUT2D eigenvalue weighted by Gasteiger charge is -2.25. The zero-order valence-corrected chi connectivity index (χ0v) is 11.4. The minimum Gasteiger partial charge on any atom is -0.503 e. The van der Waals surface area contributed by atoms with E-state index in [1.807, 2.05) is 0 Å². The van der Waals surface area contributed by atoms with Gasteiger partial charge in [0.05, 0.1) is 5.56 Å². The van der Waals surface area contributed by atoms with Crippen LogP contribution in [0.4, 0.5) is 13.2 Å². The summed E-state index contributed by atoms with van der Waals surface area (Å²) in [6.45, 7) is 0.909. The molecule has 4 nitrogen and oxygen atoms in total. The standard InChI is InChI=1S/C14H17F3N2O2/c15-10-7-9(11(16)13(20)12(10)17)14(21)19-6-2-4-8(19)3-1-5-18/h7-8,20H,1-6,18H2. The predicted molar refractivity (Wildman–Crippen MR) is 70.3 cm³/mol. The van der Waals surface area contributed by atoms with Crippen LogP contribution in [0.15, 0.2) is 6.07 Å². The van der Waals surface area contributed by atoms with Crippen molar-refractivity contribution in [3.63, 3.8) is 0 Å². The molecule has 21 heavy (non-hydrogen) atoms. The van der Waals surface area contributed by atoms with E-state index < -0.39 is 34.7 Å². The van der Waals surface area contributed by atoms with Gasteiger partial charge in [-0.1, -0.05) is 0 Å². The lowest BCUT2D eigenvalue weighted by atomic mass is 10.1. The van der Waals surface area contributed by atoms with Gasteiger partial charge in [-0.15, -0.1) is 0 Å². The van der Waals surface area contributed by atoms with Gasteiger partial charge in [-0.3, -0.25) is 4.79 Å². The van der Waals surface area contributed by atoms with Crippen LogP contribution in [0.5, 0.6) is 5.75 Å². The molecule has 1 aliphatic heterocycles. The quantitative estimate of drug-likeness (QED) is 0.838. The van der Waals surface area contributed by atoms with E-state index in [1.165, 1.54) is 4.90 Å². The van der Waals surface area contributed by atoms with Crippen LogP contribution < -0.4 is 5.73 Å². The molecule has 1 saturated heterocycles. The highest BCUT2D eigenvalue weighted by atomic mass is 19.2. The first-order valence-corrected chi connectivity index (χ1v) is 6.84. The second kappa shape index (κ2) is 6.34. The second-order valence-corrected chi connectivity index (χ2v) is 5.11. The number of likely N-dealkylation sites (tertiary alicyclic amines) is 1. The van der Waals surface area contributed by atoms with Crippen LogP contribution in [0.25, 0.3) is 0 Å². The Morgan fingerprint density at radius 3 is 2.76 bits per heavy atom. The average molecular weight is 302 g/mol. The third-order valence-electron chi connectivity index (χ3n) is 3.74. The summed E-state index contributed by atoms with van der Waals surface area (Å²) in [6.07, 6.45) is 2.93. The molecule has 2 rings (SSSR count).